The lowest BCUT2D eigenvalue weighted by molar-refractivity contribution is 0.0946. The standard InChI is InChI=1S/C15H16N2O2S/c1-10-16-12(9-20-10)8-19-14-5-3-2-4-13(14)15(18)17-11-6-7-11/h2-5,9,11H,6-8H2,1H3,(H,17,18). The highest BCUT2D eigenvalue weighted by Crippen LogP contribution is 2.23. The molecule has 1 aliphatic rings. The summed E-state index contributed by atoms with van der Waals surface area (Å²) in [6, 6.07) is 7.68. The highest BCUT2D eigenvalue weighted by atomic mass is 32.1. The Balaban J connectivity index is 1.70. The number of thiazole rings is 1. The Morgan fingerprint density at radius 2 is 2.25 bits per heavy atom. The second kappa shape index (κ2) is 5.63. The SMILES string of the molecule is Cc1nc(COc2ccccc2C(=O)NC2CC2)cs1. The van der Waals surface area contributed by atoms with Gasteiger partial charge in [0.15, 0.2) is 0 Å². The van der Waals surface area contributed by atoms with Crippen molar-refractivity contribution in [1.82, 2.24) is 10.3 Å². The van der Waals surface area contributed by atoms with Crippen LogP contribution in [0.4, 0.5) is 0 Å². The van der Waals surface area contributed by atoms with E-state index in [2.05, 4.69) is 10.3 Å². The summed E-state index contributed by atoms with van der Waals surface area (Å²) in [5.74, 6) is 0.550. The van der Waals surface area contributed by atoms with Crippen molar-refractivity contribution in [3.05, 3.63) is 45.9 Å². The first-order valence-corrected chi connectivity index (χ1v) is 7.54. The number of nitrogens with one attached hydrogen (secondary N) is 1. The fourth-order valence-electron chi connectivity index (χ4n) is 1.90. The molecule has 0 saturated heterocycles. The minimum atomic E-state index is -0.0578. The second-order valence-electron chi connectivity index (χ2n) is 4.89. The molecule has 1 N–H and O–H groups in total. The number of amides is 1. The highest BCUT2D eigenvalue weighted by Gasteiger charge is 2.25. The van der Waals surface area contributed by atoms with Crippen LogP contribution in [-0.2, 0) is 6.61 Å². The lowest BCUT2D eigenvalue weighted by Gasteiger charge is -2.10. The number of nitrogens with zero attached hydrogens (tertiary/aromatic N) is 1. The number of para-hydroxylation sites is 1. The number of aromatic nitrogens is 1. The van der Waals surface area contributed by atoms with Crippen LogP contribution in [0.1, 0.15) is 33.9 Å². The molecule has 1 aliphatic carbocycles. The van der Waals surface area contributed by atoms with Gasteiger partial charge in [-0.05, 0) is 31.9 Å². The summed E-state index contributed by atoms with van der Waals surface area (Å²) in [6.07, 6.45) is 2.15. The number of carbonyl (C=O) groups is 1. The van der Waals surface area contributed by atoms with Crippen molar-refractivity contribution in [2.45, 2.75) is 32.4 Å². The summed E-state index contributed by atoms with van der Waals surface area (Å²) in [6.45, 7) is 2.35. The lowest BCUT2D eigenvalue weighted by Crippen LogP contribution is -2.25. The summed E-state index contributed by atoms with van der Waals surface area (Å²) in [5.41, 5.74) is 1.48. The number of ether oxygens (including phenoxy) is 1. The van der Waals surface area contributed by atoms with E-state index in [1.165, 1.54) is 0 Å². The number of rotatable bonds is 5. The zero-order chi connectivity index (χ0) is 13.9. The van der Waals surface area contributed by atoms with Crippen molar-refractivity contribution in [3.8, 4) is 5.75 Å². The molecule has 1 amide bonds. The van der Waals surface area contributed by atoms with Crippen molar-refractivity contribution in [2.24, 2.45) is 0 Å². The highest BCUT2D eigenvalue weighted by molar-refractivity contribution is 7.09. The molecule has 0 aliphatic heterocycles. The van der Waals surface area contributed by atoms with Gasteiger partial charge < -0.3 is 10.1 Å². The van der Waals surface area contributed by atoms with Crippen molar-refractivity contribution in [2.75, 3.05) is 0 Å². The van der Waals surface area contributed by atoms with Crippen LogP contribution >= 0.6 is 11.3 Å². The molecule has 0 spiro atoms. The van der Waals surface area contributed by atoms with E-state index < -0.39 is 0 Å². The summed E-state index contributed by atoms with van der Waals surface area (Å²) in [4.78, 5) is 16.5. The van der Waals surface area contributed by atoms with Gasteiger partial charge in [-0.25, -0.2) is 4.98 Å². The van der Waals surface area contributed by atoms with E-state index in [0.29, 0.717) is 24.0 Å². The molecule has 104 valence electrons. The molecule has 3 rings (SSSR count). The Morgan fingerprint density at radius 1 is 1.45 bits per heavy atom. The van der Waals surface area contributed by atoms with E-state index in [9.17, 15) is 4.79 Å². The van der Waals surface area contributed by atoms with Gasteiger partial charge in [0.2, 0.25) is 0 Å². The van der Waals surface area contributed by atoms with E-state index in [1.54, 1.807) is 17.4 Å². The number of aryl methyl sites for hydroxylation is 1. The molecule has 1 aromatic heterocycles. The van der Waals surface area contributed by atoms with Crippen LogP contribution in [0.5, 0.6) is 5.75 Å². The molecular formula is C15H16N2O2S. The first kappa shape index (κ1) is 13.1. The van der Waals surface area contributed by atoms with Crippen LogP contribution in [-0.4, -0.2) is 16.9 Å². The predicted octanol–water partition coefficient (Wildman–Crippen LogP) is 2.92. The molecule has 1 heterocycles. The Hall–Kier alpha value is -1.88. The molecule has 1 aromatic carbocycles. The maximum absolute atomic E-state index is 12.1. The van der Waals surface area contributed by atoms with Crippen LogP contribution in [0.15, 0.2) is 29.6 Å². The quantitative estimate of drug-likeness (QED) is 0.920. The topological polar surface area (TPSA) is 51.2 Å². The molecular weight excluding hydrogens is 272 g/mol. The molecule has 0 radical (unpaired) electrons. The van der Waals surface area contributed by atoms with Gasteiger partial charge in [-0.15, -0.1) is 11.3 Å². The largest absolute Gasteiger partial charge is 0.486 e. The van der Waals surface area contributed by atoms with Crippen LogP contribution in [0.3, 0.4) is 0 Å². The molecule has 0 atom stereocenters. The van der Waals surface area contributed by atoms with Gasteiger partial charge in [0.25, 0.3) is 5.91 Å². The fraction of sp³-hybridized carbons (Fsp3) is 0.333. The Morgan fingerprint density at radius 3 is 2.95 bits per heavy atom. The first-order chi connectivity index (χ1) is 9.72. The Labute approximate surface area is 121 Å². The molecule has 0 unspecified atom stereocenters. The average Bonchev–Trinajstić information content (AvgIpc) is 3.17. The molecule has 4 nitrogen and oxygen atoms in total. The smallest absolute Gasteiger partial charge is 0.255 e. The van der Waals surface area contributed by atoms with Gasteiger partial charge in [0.05, 0.1) is 16.3 Å². The molecule has 1 fully saturated rings. The van der Waals surface area contributed by atoms with E-state index in [1.807, 2.05) is 30.5 Å². The monoisotopic (exact) mass is 288 g/mol. The maximum atomic E-state index is 12.1. The molecule has 0 bridgehead atoms. The minimum Gasteiger partial charge on any atom is -0.486 e. The van der Waals surface area contributed by atoms with Gasteiger partial charge in [0, 0.05) is 11.4 Å². The maximum Gasteiger partial charge on any atom is 0.255 e. The summed E-state index contributed by atoms with van der Waals surface area (Å²) in [5, 5.41) is 5.97. The number of hydrogen-bond acceptors (Lipinski definition) is 4. The van der Waals surface area contributed by atoms with E-state index in [-0.39, 0.29) is 5.91 Å². The third kappa shape index (κ3) is 3.17. The average molecular weight is 288 g/mol. The van der Waals surface area contributed by atoms with Crippen LogP contribution in [0, 0.1) is 6.92 Å². The van der Waals surface area contributed by atoms with Gasteiger partial charge in [-0.2, -0.15) is 0 Å². The number of carbonyl (C=O) groups excluding carboxylic acids is 1. The van der Waals surface area contributed by atoms with Gasteiger partial charge in [-0.3, -0.25) is 4.79 Å². The molecule has 1 saturated carbocycles. The Bertz CT molecular complexity index is 620. The zero-order valence-corrected chi connectivity index (χ0v) is 12.1. The number of hydrogen-bond donors (Lipinski definition) is 1. The summed E-state index contributed by atoms with van der Waals surface area (Å²) >= 11 is 1.60. The van der Waals surface area contributed by atoms with Crippen molar-refractivity contribution in [3.63, 3.8) is 0 Å². The molecule has 2 aromatic rings. The van der Waals surface area contributed by atoms with Gasteiger partial charge >= 0.3 is 0 Å². The second-order valence-corrected chi connectivity index (χ2v) is 5.95. The predicted molar refractivity (Wildman–Crippen MR) is 78.1 cm³/mol. The van der Waals surface area contributed by atoms with Crippen molar-refractivity contribution in [1.29, 1.82) is 0 Å². The van der Waals surface area contributed by atoms with Crippen LogP contribution < -0.4 is 10.1 Å². The normalized spacial score (nSPS) is 14.1. The van der Waals surface area contributed by atoms with Crippen molar-refractivity contribution < 1.29 is 9.53 Å². The van der Waals surface area contributed by atoms with Gasteiger partial charge in [0.1, 0.15) is 12.4 Å². The third-order valence-electron chi connectivity index (χ3n) is 3.09. The van der Waals surface area contributed by atoms with Crippen molar-refractivity contribution >= 4 is 17.2 Å². The van der Waals surface area contributed by atoms with E-state index in [0.717, 1.165) is 23.5 Å². The Kier molecular flexibility index (Phi) is 3.69. The first-order valence-electron chi connectivity index (χ1n) is 6.66. The summed E-state index contributed by atoms with van der Waals surface area (Å²) in [7, 11) is 0. The third-order valence-corrected chi connectivity index (χ3v) is 3.91. The molecule has 5 heteroatoms. The lowest BCUT2D eigenvalue weighted by atomic mass is 10.2. The van der Waals surface area contributed by atoms with E-state index >= 15 is 0 Å². The van der Waals surface area contributed by atoms with E-state index in [4.69, 9.17) is 4.74 Å². The summed E-state index contributed by atoms with van der Waals surface area (Å²) < 4.78 is 5.74. The fourth-order valence-corrected chi connectivity index (χ4v) is 2.49. The zero-order valence-electron chi connectivity index (χ0n) is 11.3. The minimum absolute atomic E-state index is 0.0578. The number of benzene rings is 1. The molecule has 20 heavy (non-hydrogen) atoms. The van der Waals surface area contributed by atoms with Crippen LogP contribution in [0.2, 0.25) is 0 Å². The van der Waals surface area contributed by atoms with Crippen LogP contribution in [0.25, 0.3) is 0 Å². The van der Waals surface area contributed by atoms with Gasteiger partial charge in [-0.1, -0.05) is 12.1 Å².